The number of nitrogens with two attached hydrogens (primary N) is 1. The average Bonchev–Trinajstić information content (AvgIpc) is 3.21. The molecule has 0 aliphatic carbocycles. The first-order valence-corrected chi connectivity index (χ1v) is 8.54. The number of nitrogens with zero attached hydrogens (tertiary/aromatic N) is 2. The van der Waals surface area contributed by atoms with Gasteiger partial charge in [-0.3, -0.25) is 14.9 Å². The fourth-order valence-corrected chi connectivity index (χ4v) is 3.02. The number of esters is 1. The molecule has 138 valence electrons. The third-order valence-electron chi connectivity index (χ3n) is 3.51. The summed E-state index contributed by atoms with van der Waals surface area (Å²) in [5.74, 6) is -0.589. The van der Waals surface area contributed by atoms with Crippen molar-refractivity contribution in [2.24, 2.45) is 10.7 Å². The molecule has 1 aromatic heterocycles. The second-order valence-corrected chi connectivity index (χ2v) is 6.34. The van der Waals surface area contributed by atoms with E-state index < -0.39 is 16.8 Å². The summed E-state index contributed by atoms with van der Waals surface area (Å²) < 4.78 is 10.5. The van der Waals surface area contributed by atoms with E-state index in [0.29, 0.717) is 10.7 Å². The van der Waals surface area contributed by atoms with Crippen LogP contribution in [0.5, 0.6) is 0 Å². The smallest absolute Gasteiger partial charge is 0.338 e. The van der Waals surface area contributed by atoms with Crippen molar-refractivity contribution < 1.29 is 23.7 Å². The fourth-order valence-electron chi connectivity index (χ4n) is 2.36. The summed E-state index contributed by atoms with van der Waals surface area (Å²) in [7, 11) is 0. The molecule has 2 N–H and O–H groups in total. The number of thioether (sulfide) groups is 1. The number of ether oxygens (including phenoxy) is 1. The number of aliphatic imine (C=N–C) groups is 1. The highest BCUT2D eigenvalue weighted by Crippen LogP contribution is 2.34. The molecular formula is C17H13N3O6S. The van der Waals surface area contributed by atoms with E-state index in [9.17, 15) is 19.7 Å². The third kappa shape index (κ3) is 3.90. The van der Waals surface area contributed by atoms with Gasteiger partial charge in [-0.05, 0) is 43.0 Å². The van der Waals surface area contributed by atoms with Gasteiger partial charge in [0.05, 0.1) is 27.6 Å². The van der Waals surface area contributed by atoms with Gasteiger partial charge in [0.1, 0.15) is 11.5 Å². The number of furan rings is 1. The molecule has 0 fully saturated rings. The number of amidine groups is 1. The van der Waals surface area contributed by atoms with Gasteiger partial charge < -0.3 is 14.9 Å². The van der Waals surface area contributed by atoms with E-state index in [0.717, 1.165) is 17.8 Å². The number of hydrogen-bond donors (Lipinski definition) is 1. The van der Waals surface area contributed by atoms with Gasteiger partial charge in [0.15, 0.2) is 5.17 Å². The van der Waals surface area contributed by atoms with Gasteiger partial charge >= 0.3 is 5.97 Å². The van der Waals surface area contributed by atoms with E-state index in [-0.39, 0.29) is 34.3 Å². The molecule has 0 spiro atoms. The summed E-state index contributed by atoms with van der Waals surface area (Å²) in [4.78, 5) is 38.1. The minimum atomic E-state index is -0.647. The number of hydrogen-bond acceptors (Lipinski definition) is 8. The molecule has 2 aromatic rings. The minimum Gasteiger partial charge on any atom is -0.462 e. The van der Waals surface area contributed by atoms with Gasteiger partial charge in [-0.25, -0.2) is 4.79 Å². The average molecular weight is 387 g/mol. The molecule has 3 rings (SSSR count). The summed E-state index contributed by atoms with van der Waals surface area (Å²) in [5.41, 5.74) is 5.45. The molecule has 0 atom stereocenters. The van der Waals surface area contributed by atoms with Gasteiger partial charge in [-0.15, -0.1) is 0 Å². The maximum atomic E-state index is 11.8. The lowest BCUT2D eigenvalue weighted by molar-refractivity contribution is -0.384. The monoisotopic (exact) mass is 387 g/mol. The van der Waals surface area contributed by atoms with Crippen LogP contribution in [0, 0.1) is 10.1 Å². The second kappa shape index (κ2) is 7.46. The van der Waals surface area contributed by atoms with Crippen LogP contribution in [-0.4, -0.2) is 28.6 Å². The highest BCUT2D eigenvalue weighted by molar-refractivity contribution is 8.18. The van der Waals surface area contributed by atoms with E-state index >= 15 is 0 Å². The lowest BCUT2D eigenvalue weighted by atomic mass is 10.1. The first-order chi connectivity index (χ1) is 12.9. The number of nitro groups is 1. The van der Waals surface area contributed by atoms with Gasteiger partial charge in [-0.1, -0.05) is 0 Å². The van der Waals surface area contributed by atoms with E-state index in [1.165, 1.54) is 24.3 Å². The molecule has 0 saturated heterocycles. The molecule has 10 heteroatoms. The summed E-state index contributed by atoms with van der Waals surface area (Å²) in [6.07, 6.45) is 1.46. The summed E-state index contributed by atoms with van der Waals surface area (Å²) in [6.45, 7) is 1.81. The molecule has 1 aromatic carbocycles. The van der Waals surface area contributed by atoms with Crippen molar-refractivity contribution in [1.82, 2.24) is 0 Å². The molecule has 0 saturated carbocycles. The molecule has 9 nitrogen and oxygen atoms in total. The highest BCUT2D eigenvalue weighted by Gasteiger charge is 2.23. The molecule has 2 heterocycles. The number of rotatable bonds is 5. The van der Waals surface area contributed by atoms with Crippen LogP contribution in [0.15, 0.2) is 44.6 Å². The molecule has 1 aliphatic rings. The zero-order chi connectivity index (χ0) is 19.6. The van der Waals surface area contributed by atoms with Crippen molar-refractivity contribution in [3.05, 3.63) is 56.7 Å². The molecule has 0 radical (unpaired) electrons. The van der Waals surface area contributed by atoms with E-state index in [2.05, 4.69) is 4.99 Å². The van der Waals surface area contributed by atoms with Crippen LogP contribution in [0.2, 0.25) is 0 Å². The van der Waals surface area contributed by atoms with Crippen molar-refractivity contribution in [2.45, 2.75) is 6.92 Å². The SMILES string of the molecule is CCOC(=O)c1ccc(-c2ccc(/C=C3/SC(N)=NC3=O)o2)c([N+](=O)[O-])c1. The Hall–Kier alpha value is -3.40. The van der Waals surface area contributed by atoms with Crippen molar-refractivity contribution in [2.75, 3.05) is 6.61 Å². The van der Waals surface area contributed by atoms with E-state index in [1.807, 2.05) is 0 Å². The Kier molecular flexibility index (Phi) is 5.08. The third-order valence-corrected chi connectivity index (χ3v) is 4.32. The van der Waals surface area contributed by atoms with Crippen molar-refractivity contribution in [1.29, 1.82) is 0 Å². The topological polar surface area (TPSA) is 138 Å². The molecule has 1 amide bonds. The molecule has 0 bridgehead atoms. The number of amides is 1. The summed E-state index contributed by atoms with van der Waals surface area (Å²) >= 11 is 1.01. The van der Waals surface area contributed by atoms with Crippen LogP contribution in [0.4, 0.5) is 5.69 Å². The Morgan fingerprint density at radius 1 is 1.41 bits per heavy atom. The molecular weight excluding hydrogens is 374 g/mol. The van der Waals surface area contributed by atoms with Crippen LogP contribution >= 0.6 is 11.8 Å². The minimum absolute atomic E-state index is 0.0711. The van der Waals surface area contributed by atoms with Crippen LogP contribution in [0.1, 0.15) is 23.0 Å². The number of nitro benzene ring substituents is 1. The van der Waals surface area contributed by atoms with Crippen LogP contribution in [-0.2, 0) is 9.53 Å². The van der Waals surface area contributed by atoms with E-state index in [1.54, 1.807) is 13.0 Å². The number of carbonyl (C=O) groups is 2. The maximum absolute atomic E-state index is 11.8. The van der Waals surface area contributed by atoms with Gasteiger partial charge in [-0.2, -0.15) is 4.99 Å². The predicted octanol–water partition coefficient (Wildman–Crippen LogP) is 2.96. The zero-order valence-electron chi connectivity index (χ0n) is 14.0. The van der Waals surface area contributed by atoms with Crippen LogP contribution < -0.4 is 5.73 Å². The second-order valence-electron chi connectivity index (χ2n) is 5.28. The lowest BCUT2D eigenvalue weighted by Crippen LogP contribution is -2.05. The Bertz CT molecular complexity index is 1010. The number of carbonyl (C=O) groups excluding carboxylic acids is 2. The summed E-state index contributed by atoms with van der Waals surface area (Å²) in [6, 6.07) is 7.07. The molecule has 1 aliphatic heterocycles. The Balaban J connectivity index is 1.94. The lowest BCUT2D eigenvalue weighted by Gasteiger charge is -2.04. The Morgan fingerprint density at radius 3 is 2.81 bits per heavy atom. The first kappa shape index (κ1) is 18.4. The zero-order valence-corrected chi connectivity index (χ0v) is 14.8. The van der Waals surface area contributed by atoms with Gasteiger partial charge in [0.25, 0.3) is 11.6 Å². The molecule has 27 heavy (non-hydrogen) atoms. The van der Waals surface area contributed by atoms with Crippen molar-refractivity contribution >= 4 is 40.6 Å². The van der Waals surface area contributed by atoms with Gasteiger partial charge in [0.2, 0.25) is 0 Å². The number of benzene rings is 1. The largest absolute Gasteiger partial charge is 0.462 e. The van der Waals surface area contributed by atoms with Gasteiger partial charge in [0, 0.05) is 12.1 Å². The van der Waals surface area contributed by atoms with Crippen molar-refractivity contribution in [3.63, 3.8) is 0 Å². The van der Waals surface area contributed by atoms with Crippen LogP contribution in [0.25, 0.3) is 17.4 Å². The fraction of sp³-hybridized carbons (Fsp3) is 0.118. The Labute approximate surface area is 157 Å². The van der Waals surface area contributed by atoms with Crippen LogP contribution in [0.3, 0.4) is 0 Å². The first-order valence-electron chi connectivity index (χ1n) is 7.73. The van der Waals surface area contributed by atoms with E-state index in [4.69, 9.17) is 14.9 Å². The Morgan fingerprint density at radius 2 is 2.19 bits per heavy atom. The maximum Gasteiger partial charge on any atom is 0.338 e. The quantitative estimate of drug-likeness (QED) is 0.358. The normalized spacial score (nSPS) is 15.1. The predicted molar refractivity (Wildman–Crippen MR) is 99.0 cm³/mol. The summed E-state index contributed by atoms with van der Waals surface area (Å²) in [5, 5.41) is 11.6. The highest BCUT2D eigenvalue weighted by atomic mass is 32.2. The molecule has 0 unspecified atom stereocenters. The van der Waals surface area contributed by atoms with Crippen molar-refractivity contribution in [3.8, 4) is 11.3 Å². The standard InChI is InChI=1S/C17H13N3O6S/c1-2-25-16(22)9-3-5-11(12(7-9)20(23)24)13-6-4-10(26-13)8-14-15(21)19-17(18)27-14/h3-8H,2H2,1H3,(H2,18,19,21)/b14-8+.